The predicted molar refractivity (Wildman–Crippen MR) is 87.3 cm³/mol. The van der Waals surface area contributed by atoms with Crippen LogP contribution in [0, 0.1) is 28.6 Å². The summed E-state index contributed by atoms with van der Waals surface area (Å²) in [6.45, 7) is 4.85. The lowest BCUT2D eigenvalue weighted by Gasteiger charge is -2.55. The number of carboxylic acids is 1. The summed E-state index contributed by atoms with van der Waals surface area (Å²) in [5.74, 6) is 1.54. The summed E-state index contributed by atoms with van der Waals surface area (Å²) in [7, 11) is 0. The van der Waals surface area contributed by atoms with Crippen LogP contribution in [0.4, 0.5) is 0 Å². The molecule has 0 radical (unpaired) electrons. The fraction of sp³-hybridized carbons (Fsp3) is 0.650. The Balaban J connectivity index is 1.72. The molecular formula is C20H26O2. The number of fused-ring (bicyclic) bond motifs is 5. The van der Waals surface area contributed by atoms with Crippen molar-refractivity contribution in [3.63, 3.8) is 0 Å². The van der Waals surface area contributed by atoms with Crippen LogP contribution in [0.15, 0.2) is 35.5 Å². The molecule has 0 unspecified atom stereocenters. The summed E-state index contributed by atoms with van der Waals surface area (Å²) >= 11 is 0. The van der Waals surface area contributed by atoms with Gasteiger partial charge in [0.15, 0.2) is 0 Å². The lowest BCUT2D eigenvalue weighted by molar-refractivity contribution is -0.132. The number of carbonyl (C=O) groups is 1. The largest absolute Gasteiger partial charge is 0.478 e. The molecule has 0 aromatic rings. The van der Waals surface area contributed by atoms with Gasteiger partial charge in [0.25, 0.3) is 0 Å². The molecule has 118 valence electrons. The van der Waals surface area contributed by atoms with E-state index in [1.807, 2.05) is 12.2 Å². The maximum absolute atomic E-state index is 11.3. The lowest BCUT2D eigenvalue weighted by Crippen LogP contribution is -2.47. The Hall–Kier alpha value is -1.31. The molecule has 0 saturated heterocycles. The monoisotopic (exact) mass is 298 g/mol. The first-order valence-corrected chi connectivity index (χ1v) is 8.79. The van der Waals surface area contributed by atoms with Gasteiger partial charge in [-0.25, -0.2) is 4.79 Å². The average molecular weight is 298 g/mol. The fourth-order valence-corrected chi connectivity index (χ4v) is 6.10. The molecule has 4 aliphatic carbocycles. The minimum atomic E-state index is -0.812. The van der Waals surface area contributed by atoms with E-state index in [9.17, 15) is 9.90 Å². The SMILES string of the molecule is C[C@@]12CCC[C@H]1[C@@H]1CC=C3C=C(C(=O)O)C=C[C@]3(C)[C@@H]1CC2. The van der Waals surface area contributed by atoms with Gasteiger partial charge in [-0.2, -0.15) is 0 Å². The number of allylic oxidation sites excluding steroid dienone is 4. The third-order valence-electron chi connectivity index (χ3n) is 7.39. The maximum Gasteiger partial charge on any atom is 0.335 e. The minimum absolute atomic E-state index is 0.0474. The highest BCUT2D eigenvalue weighted by molar-refractivity contribution is 5.91. The van der Waals surface area contributed by atoms with Crippen LogP contribution < -0.4 is 0 Å². The van der Waals surface area contributed by atoms with Crippen LogP contribution in [0.2, 0.25) is 0 Å². The third-order valence-corrected chi connectivity index (χ3v) is 7.39. The quantitative estimate of drug-likeness (QED) is 0.759. The molecular weight excluding hydrogens is 272 g/mol. The number of carboxylic acid groups (broad SMARTS) is 1. The van der Waals surface area contributed by atoms with Gasteiger partial charge in [0.05, 0.1) is 5.57 Å². The molecule has 0 aliphatic heterocycles. The van der Waals surface area contributed by atoms with Crippen molar-refractivity contribution < 1.29 is 9.90 Å². The summed E-state index contributed by atoms with van der Waals surface area (Å²) in [5.41, 5.74) is 2.30. The second-order valence-electron chi connectivity index (χ2n) is 8.38. The molecule has 4 rings (SSSR count). The van der Waals surface area contributed by atoms with Crippen LogP contribution in [0.25, 0.3) is 0 Å². The molecule has 1 N–H and O–H groups in total. The second kappa shape index (κ2) is 4.59. The van der Waals surface area contributed by atoms with Crippen molar-refractivity contribution >= 4 is 5.97 Å². The summed E-state index contributed by atoms with van der Waals surface area (Å²) in [4.78, 5) is 11.3. The zero-order chi connectivity index (χ0) is 15.5. The second-order valence-corrected chi connectivity index (χ2v) is 8.38. The first-order chi connectivity index (χ1) is 10.4. The first-order valence-electron chi connectivity index (χ1n) is 8.79. The first kappa shape index (κ1) is 14.3. The highest BCUT2D eigenvalue weighted by atomic mass is 16.4. The smallest absolute Gasteiger partial charge is 0.335 e. The van der Waals surface area contributed by atoms with Gasteiger partial charge in [0.1, 0.15) is 0 Å². The van der Waals surface area contributed by atoms with Crippen LogP contribution in [-0.2, 0) is 4.79 Å². The van der Waals surface area contributed by atoms with E-state index in [1.165, 1.54) is 37.7 Å². The third kappa shape index (κ3) is 1.82. The molecule has 2 nitrogen and oxygen atoms in total. The van der Waals surface area contributed by atoms with Crippen LogP contribution in [-0.4, -0.2) is 11.1 Å². The highest BCUT2D eigenvalue weighted by Crippen LogP contribution is 2.63. The Kier molecular flexibility index (Phi) is 2.99. The minimum Gasteiger partial charge on any atom is -0.478 e. The van der Waals surface area contributed by atoms with Gasteiger partial charge >= 0.3 is 5.97 Å². The molecule has 0 heterocycles. The fourth-order valence-electron chi connectivity index (χ4n) is 6.10. The van der Waals surface area contributed by atoms with Crippen LogP contribution >= 0.6 is 0 Å². The normalized spacial score (nSPS) is 46.2. The molecule has 4 aliphatic rings. The highest BCUT2D eigenvalue weighted by Gasteiger charge is 2.54. The molecule has 0 aromatic carbocycles. The molecule has 0 bridgehead atoms. The van der Waals surface area contributed by atoms with Gasteiger partial charge in [-0.1, -0.05) is 38.5 Å². The molecule has 2 heteroatoms. The summed E-state index contributed by atoms with van der Waals surface area (Å²) in [6, 6.07) is 0. The number of aliphatic carboxylic acids is 1. The van der Waals surface area contributed by atoms with E-state index in [4.69, 9.17) is 0 Å². The van der Waals surface area contributed by atoms with E-state index in [1.54, 1.807) is 0 Å². The number of hydrogen-bond acceptors (Lipinski definition) is 1. The predicted octanol–water partition coefficient (Wildman–Crippen LogP) is 4.74. The van der Waals surface area contributed by atoms with E-state index >= 15 is 0 Å². The van der Waals surface area contributed by atoms with E-state index in [2.05, 4.69) is 26.0 Å². The van der Waals surface area contributed by atoms with Crippen molar-refractivity contribution in [1.82, 2.24) is 0 Å². The zero-order valence-electron chi connectivity index (χ0n) is 13.6. The maximum atomic E-state index is 11.3. The lowest BCUT2D eigenvalue weighted by atomic mass is 9.50. The standard InChI is InChI=1S/C20H26O2/c1-19-9-3-4-16(19)15-6-5-14-12-13(18(21)22)7-11-20(14,2)17(15)8-10-19/h5,7,11-12,15-17H,3-4,6,8-10H2,1-2H3,(H,21,22)/t15-,16-,17+,19-,20-/m0/s1. The molecule has 0 spiro atoms. The van der Waals surface area contributed by atoms with Crippen LogP contribution in [0.5, 0.6) is 0 Å². The van der Waals surface area contributed by atoms with Crippen molar-refractivity contribution in [2.75, 3.05) is 0 Å². The Morgan fingerprint density at radius 3 is 2.82 bits per heavy atom. The van der Waals surface area contributed by atoms with Gasteiger partial charge in [0.2, 0.25) is 0 Å². The number of hydrogen-bond donors (Lipinski definition) is 1. The van der Waals surface area contributed by atoms with E-state index in [0.717, 1.165) is 18.3 Å². The summed E-state index contributed by atoms with van der Waals surface area (Å²) < 4.78 is 0. The van der Waals surface area contributed by atoms with Gasteiger partial charge in [-0.3, -0.25) is 0 Å². The van der Waals surface area contributed by atoms with Crippen molar-refractivity contribution in [1.29, 1.82) is 0 Å². The molecule has 2 saturated carbocycles. The zero-order valence-corrected chi connectivity index (χ0v) is 13.6. The molecule has 0 aromatic heterocycles. The molecule has 2 fully saturated rings. The Morgan fingerprint density at radius 2 is 2.05 bits per heavy atom. The van der Waals surface area contributed by atoms with Gasteiger partial charge in [-0.05, 0) is 66.9 Å². The van der Waals surface area contributed by atoms with Gasteiger partial charge < -0.3 is 5.11 Å². The van der Waals surface area contributed by atoms with Gasteiger partial charge in [-0.15, -0.1) is 0 Å². The van der Waals surface area contributed by atoms with Crippen LogP contribution in [0.1, 0.15) is 52.4 Å². The van der Waals surface area contributed by atoms with Crippen molar-refractivity contribution in [3.8, 4) is 0 Å². The van der Waals surface area contributed by atoms with Crippen molar-refractivity contribution in [2.24, 2.45) is 28.6 Å². The van der Waals surface area contributed by atoms with E-state index in [-0.39, 0.29) is 5.41 Å². The van der Waals surface area contributed by atoms with E-state index in [0.29, 0.717) is 16.9 Å². The number of rotatable bonds is 1. The Labute approximate surface area is 133 Å². The Morgan fingerprint density at radius 1 is 1.23 bits per heavy atom. The van der Waals surface area contributed by atoms with Crippen molar-refractivity contribution in [3.05, 3.63) is 35.5 Å². The van der Waals surface area contributed by atoms with Crippen LogP contribution in [0.3, 0.4) is 0 Å². The molecule has 5 atom stereocenters. The average Bonchev–Trinajstić information content (AvgIpc) is 2.88. The molecule has 0 amide bonds. The van der Waals surface area contributed by atoms with Gasteiger partial charge in [0, 0.05) is 5.41 Å². The summed E-state index contributed by atoms with van der Waals surface area (Å²) in [5, 5.41) is 9.26. The topological polar surface area (TPSA) is 37.3 Å². The molecule has 22 heavy (non-hydrogen) atoms. The Bertz CT molecular complexity index is 611. The summed E-state index contributed by atoms with van der Waals surface area (Å²) in [6.07, 6.45) is 16.3. The van der Waals surface area contributed by atoms with Crippen molar-refractivity contribution in [2.45, 2.75) is 52.4 Å². The van der Waals surface area contributed by atoms with E-state index < -0.39 is 5.97 Å².